The Hall–Kier alpha value is -2.15. The third-order valence-corrected chi connectivity index (χ3v) is 4.90. The lowest BCUT2D eigenvalue weighted by Crippen LogP contribution is -2.63. The molecule has 0 spiro atoms. The van der Waals surface area contributed by atoms with Crippen LogP contribution in [0.3, 0.4) is 0 Å². The molecule has 1 aromatic rings. The number of piperidine rings is 1. The van der Waals surface area contributed by atoms with Gasteiger partial charge in [-0.25, -0.2) is 9.18 Å². The highest BCUT2D eigenvalue weighted by molar-refractivity contribution is 6.34. The van der Waals surface area contributed by atoms with E-state index in [4.69, 9.17) is 16.3 Å². The van der Waals surface area contributed by atoms with Crippen molar-refractivity contribution in [3.63, 3.8) is 0 Å². The molecule has 0 unspecified atom stereocenters. The van der Waals surface area contributed by atoms with E-state index in [2.05, 4.69) is 0 Å². The normalized spacial score (nSPS) is 16.1. The van der Waals surface area contributed by atoms with Crippen LogP contribution in [0.15, 0.2) is 18.2 Å². The Labute approximate surface area is 156 Å². The number of hydrogen-bond acceptors (Lipinski definition) is 4. The van der Waals surface area contributed by atoms with Crippen LogP contribution < -0.4 is 4.90 Å². The van der Waals surface area contributed by atoms with Crippen LogP contribution in [-0.4, -0.2) is 47.9 Å². The van der Waals surface area contributed by atoms with Crippen LogP contribution >= 0.6 is 11.6 Å². The number of anilines is 1. The van der Waals surface area contributed by atoms with Crippen molar-refractivity contribution in [2.75, 3.05) is 24.6 Å². The molecule has 0 bridgehead atoms. The Kier molecular flexibility index (Phi) is 6.23. The number of esters is 1. The molecule has 0 aliphatic carbocycles. The summed E-state index contributed by atoms with van der Waals surface area (Å²) in [5, 5.41) is 0.0258. The average Bonchev–Trinajstić information content (AvgIpc) is 2.58. The van der Waals surface area contributed by atoms with E-state index < -0.39 is 23.2 Å². The minimum Gasteiger partial charge on any atom is -0.464 e. The van der Waals surface area contributed by atoms with E-state index in [9.17, 15) is 18.8 Å². The van der Waals surface area contributed by atoms with Crippen LogP contribution in [0.5, 0.6) is 0 Å². The summed E-state index contributed by atoms with van der Waals surface area (Å²) in [6.45, 7) is 4.97. The first-order valence-corrected chi connectivity index (χ1v) is 8.80. The second-order valence-electron chi connectivity index (χ2n) is 6.18. The maximum absolute atomic E-state index is 14.5. The van der Waals surface area contributed by atoms with Gasteiger partial charge in [0.25, 0.3) is 0 Å². The summed E-state index contributed by atoms with van der Waals surface area (Å²) in [5.74, 6) is -1.98. The predicted molar refractivity (Wildman–Crippen MR) is 95.4 cm³/mol. The summed E-state index contributed by atoms with van der Waals surface area (Å²) in [6, 6.07) is 4.06. The molecule has 8 heteroatoms. The second kappa shape index (κ2) is 8.03. The van der Waals surface area contributed by atoms with Gasteiger partial charge in [-0.15, -0.1) is 0 Å². The number of para-hydroxylation sites is 1. The Morgan fingerprint density at radius 1 is 1.27 bits per heavy atom. The topological polar surface area (TPSA) is 66.9 Å². The third-order valence-electron chi connectivity index (χ3n) is 4.60. The van der Waals surface area contributed by atoms with Crippen molar-refractivity contribution < 1.29 is 23.5 Å². The largest absolute Gasteiger partial charge is 0.464 e. The van der Waals surface area contributed by atoms with E-state index in [1.807, 2.05) is 0 Å². The van der Waals surface area contributed by atoms with Crippen molar-refractivity contribution in [1.29, 1.82) is 0 Å². The summed E-state index contributed by atoms with van der Waals surface area (Å²) < 4.78 is 19.8. The molecular weight excluding hydrogens is 363 g/mol. The highest BCUT2D eigenvalue weighted by Gasteiger charge is 2.51. The van der Waals surface area contributed by atoms with Crippen LogP contribution in [0.2, 0.25) is 5.02 Å². The molecule has 1 aliphatic heterocycles. The summed E-state index contributed by atoms with van der Waals surface area (Å²) in [4.78, 5) is 39.7. The average molecular weight is 385 g/mol. The van der Waals surface area contributed by atoms with E-state index in [0.29, 0.717) is 0 Å². The highest BCUT2D eigenvalue weighted by atomic mass is 35.5. The van der Waals surface area contributed by atoms with E-state index in [0.717, 1.165) is 4.90 Å². The van der Waals surface area contributed by atoms with Gasteiger partial charge in [0.2, 0.25) is 11.8 Å². The van der Waals surface area contributed by atoms with Crippen LogP contribution in [0.1, 0.15) is 33.6 Å². The van der Waals surface area contributed by atoms with Gasteiger partial charge in [0.1, 0.15) is 11.4 Å². The Morgan fingerprint density at radius 2 is 1.88 bits per heavy atom. The first kappa shape index (κ1) is 20.2. The molecule has 1 heterocycles. The Balaban J connectivity index is 2.56. The molecule has 142 valence electrons. The van der Waals surface area contributed by atoms with Gasteiger partial charge in [0.15, 0.2) is 0 Å². The quantitative estimate of drug-likeness (QED) is 0.749. The van der Waals surface area contributed by atoms with Gasteiger partial charge in [-0.05, 0) is 31.9 Å². The van der Waals surface area contributed by atoms with E-state index >= 15 is 0 Å². The maximum atomic E-state index is 14.5. The zero-order valence-corrected chi connectivity index (χ0v) is 15.8. The van der Waals surface area contributed by atoms with Crippen LogP contribution in [0.4, 0.5) is 10.1 Å². The summed E-state index contributed by atoms with van der Waals surface area (Å²) in [5.41, 5.74) is -1.56. The number of carbonyl (C=O) groups is 3. The fraction of sp³-hybridized carbons (Fsp3) is 0.500. The van der Waals surface area contributed by atoms with Crippen molar-refractivity contribution in [3.05, 3.63) is 29.0 Å². The minimum absolute atomic E-state index is 0.0258. The molecular formula is C18H22ClFN2O4. The number of rotatable bonds is 4. The summed E-state index contributed by atoms with van der Waals surface area (Å²) in [6.07, 6.45) is 0.269. The van der Waals surface area contributed by atoms with Crippen molar-refractivity contribution in [1.82, 2.24) is 4.90 Å². The van der Waals surface area contributed by atoms with Gasteiger partial charge in [-0.3, -0.25) is 14.5 Å². The molecule has 0 atom stereocenters. The monoisotopic (exact) mass is 384 g/mol. The molecule has 0 saturated carbocycles. The van der Waals surface area contributed by atoms with Gasteiger partial charge in [-0.2, -0.15) is 0 Å². The summed E-state index contributed by atoms with van der Waals surface area (Å²) in [7, 11) is 0. The Bertz CT molecular complexity index is 697. The van der Waals surface area contributed by atoms with Gasteiger partial charge in [0.05, 0.1) is 17.3 Å². The standard InChI is InChI=1S/C18H22ClFN2O4/c1-4-26-17(25)18(8-10-21(11-9-18)12(2)23)22(13(3)24)16-14(19)6-5-7-15(16)20/h5-7H,4,8-11H2,1-3H3. The number of halogens is 2. The first-order valence-electron chi connectivity index (χ1n) is 8.42. The van der Waals surface area contributed by atoms with Crippen molar-refractivity contribution in [2.45, 2.75) is 39.2 Å². The fourth-order valence-corrected chi connectivity index (χ4v) is 3.60. The molecule has 0 radical (unpaired) electrons. The zero-order valence-electron chi connectivity index (χ0n) is 15.1. The lowest BCUT2D eigenvalue weighted by molar-refractivity contribution is -0.154. The molecule has 2 rings (SSSR count). The molecule has 6 nitrogen and oxygen atoms in total. The highest BCUT2D eigenvalue weighted by Crippen LogP contribution is 2.39. The zero-order chi connectivity index (χ0) is 19.5. The second-order valence-corrected chi connectivity index (χ2v) is 6.59. The minimum atomic E-state index is -1.42. The van der Waals surface area contributed by atoms with Crippen molar-refractivity contribution in [3.8, 4) is 0 Å². The molecule has 2 amide bonds. The van der Waals surface area contributed by atoms with E-state index in [-0.39, 0.29) is 49.2 Å². The number of amides is 2. The van der Waals surface area contributed by atoms with Gasteiger partial charge in [-0.1, -0.05) is 17.7 Å². The van der Waals surface area contributed by atoms with Crippen LogP contribution in [-0.2, 0) is 19.1 Å². The number of hydrogen-bond donors (Lipinski definition) is 0. The first-order chi connectivity index (χ1) is 12.2. The van der Waals surface area contributed by atoms with Gasteiger partial charge >= 0.3 is 5.97 Å². The van der Waals surface area contributed by atoms with Crippen molar-refractivity contribution >= 4 is 35.1 Å². The van der Waals surface area contributed by atoms with Gasteiger partial charge in [0, 0.05) is 26.9 Å². The lowest BCUT2D eigenvalue weighted by atomic mass is 9.84. The van der Waals surface area contributed by atoms with Crippen LogP contribution in [0.25, 0.3) is 0 Å². The number of ether oxygens (including phenoxy) is 1. The smallest absolute Gasteiger partial charge is 0.332 e. The molecule has 0 N–H and O–H groups in total. The fourth-order valence-electron chi connectivity index (χ4n) is 3.35. The molecule has 1 saturated heterocycles. The third kappa shape index (κ3) is 3.67. The van der Waals surface area contributed by atoms with E-state index in [1.54, 1.807) is 11.8 Å². The van der Waals surface area contributed by atoms with Crippen molar-refractivity contribution in [2.24, 2.45) is 0 Å². The number of likely N-dealkylation sites (tertiary alicyclic amines) is 1. The van der Waals surface area contributed by atoms with E-state index in [1.165, 1.54) is 32.0 Å². The molecule has 1 fully saturated rings. The molecule has 26 heavy (non-hydrogen) atoms. The molecule has 1 aliphatic rings. The SMILES string of the molecule is CCOC(=O)C1(N(C(C)=O)c2c(F)cccc2Cl)CCN(C(C)=O)CC1. The Morgan fingerprint density at radius 3 is 2.35 bits per heavy atom. The number of carbonyl (C=O) groups excluding carboxylic acids is 3. The van der Waals surface area contributed by atoms with Crippen LogP contribution in [0, 0.1) is 5.82 Å². The van der Waals surface area contributed by atoms with Gasteiger partial charge < -0.3 is 9.64 Å². The lowest BCUT2D eigenvalue weighted by Gasteiger charge is -2.46. The number of benzene rings is 1. The molecule has 0 aromatic heterocycles. The maximum Gasteiger partial charge on any atom is 0.332 e. The summed E-state index contributed by atoms with van der Waals surface area (Å²) >= 11 is 6.16. The predicted octanol–water partition coefficient (Wildman–Crippen LogP) is 2.78. The molecule has 1 aromatic carbocycles. The number of nitrogens with zero attached hydrogens (tertiary/aromatic N) is 2.